The first kappa shape index (κ1) is 15.0. The van der Waals surface area contributed by atoms with E-state index >= 15 is 0 Å². The molecule has 6 heteroatoms. The monoisotopic (exact) mass is 344 g/mol. The number of nitrogens with one attached hydrogen (secondary N) is 1. The van der Waals surface area contributed by atoms with Crippen molar-refractivity contribution in [1.29, 1.82) is 0 Å². The van der Waals surface area contributed by atoms with Gasteiger partial charge in [0.1, 0.15) is 17.5 Å². The molecule has 0 aliphatic rings. The van der Waals surface area contributed by atoms with Crippen LogP contribution in [0.25, 0.3) is 0 Å². The molecule has 20 heavy (non-hydrogen) atoms. The highest BCUT2D eigenvalue weighted by Crippen LogP contribution is 2.32. The third-order valence-electron chi connectivity index (χ3n) is 3.07. The maximum absolute atomic E-state index is 14.1. The van der Waals surface area contributed by atoms with E-state index in [1.165, 1.54) is 12.1 Å². The zero-order chi connectivity index (χ0) is 14.9. The highest BCUT2D eigenvalue weighted by molar-refractivity contribution is 9.10. The molecule has 0 aliphatic carbocycles. The maximum atomic E-state index is 14.1. The van der Waals surface area contributed by atoms with Gasteiger partial charge in [0.15, 0.2) is 0 Å². The molecule has 1 unspecified atom stereocenters. The number of hydrogen-bond donors (Lipinski definition) is 2. The average molecular weight is 345 g/mol. The summed E-state index contributed by atoms with van der Waals surface area (Å²) in [5.41, 5.74) is 2.40. The number of hydrazine groups is 1. The Bertz CT molecular complexity index is 647. The van der Waals surface area contributed by atoms with Crippen LogP contribution >= 0.6 is 15.9 Å². The molecule has 0 saturated heterocycles. The standard InChI is InChI=1S/C14H12BrF3N2/c1-7-3-2-4-8(12(7)17)14(20-19)11-10(16)6-5-9(15)13(11)18/h2-6,14,20H,19H2,1H3. The molecule has 0 amide bonds. The topological polar surface area (TPSA) is 38.0 Å². The smallest absolute Gasteiger partial charge is 0.145 e. The summed E-state index contributed by atoms with van der Waals surface area (Å²) in [5.74, 6) is 3.22. The number of rotatable bonds is 3. The van der Waals surface area contributed by atoms with E-state index in [1.807, 2.05) is 0 Å². The van der Waals surface area contributed by atoms with Crippen LogP contribution in [0, 0.1) is 24.4 Å². The van der Waals surface area contributed by atoms with Gasteiger partial charge in [-0.15, -0.1) is 0 Å². The molecule has 0 saturated carbocycles. The lowest BCUT2D eigenvalue weighted by molar-refractivity contribution is 0.491. The number of benzene rings is 2. The van der Waals surface area contributed by atoms with Gasteiger partial charge in [-0.3, -0.25) is 5.84 Å². The van der Waals surface area contributed by atoms with Crippen LogP contribution in [0.3, 0.4) is 0 Å². The van der Waals surface area contributed by atoms with E-state index in [0.717, 1.165) is 6.07 Å². The van der Waals surface area contributed by atoms with Gasteiger partial charge in [-0.2, -0.15) is 0 Å². The first-order chi connectivity index (χ1) is 9.47. The molecule has 0 bridgehead atoms. The van der Waals surface area contributed by atoms with Crippen molar-refractivity contribution in [3.05, 3.63) is 68.9 Å². The van der Waals surface area contributed by atoms with Crippen molar-refractivity contribution in [3.63, 3.8) is 0 Å². The maximum Gasteiger partial charge on any atom is 0.145 e. The summed E-state index contributed by atoms with van der Waals surface area (Å²) >= 11 is 2.98. The van der Waals surface area contributed by atoms with Crippen LogP contribution in [-0.2, 0) is 0 Å². The Morgan fingerprint density at radius 2 is 1.80 bits per heavy atom. The van der Waals surface area contributed by atoms with Crippen LogP contribution in [0.15, 0.2) is 34.8 Å². The fourth-order valence-electron chi connectivity index (χ4n) is 2.03. The van der Waals surface area contributed by atoms with E-state index in [2.05, 4.69) is 21.4 Å². The van der Waals surface area contributed by atoms with Crippen LogP contribution < -0.4 is 11.3 Å². The van der Waals surface area contributed by atoms with Crippen molar-refractivity contribution in [2.75, 3.05) is 0 Å². The van der Waals surface area contributed by atoms with E-state index in [9.17, 15) is 13.2 Å². The second-order valence-corrected chi connectivity index (χ2v) is 5.19. The lowest BCUT2D eigenvalue weighted by Gasteiger charge is -2.20. The zero-order valence-corrected chi connectivity index (χ0v) is 12.1. The van der Waals surface area contributed by atoms with Gasteiger partial charge >= 0.3 is 0 Å². The molecule has 0 aromatic heterocycles. The van der Waals surface area contributed by atoms with Gasteiger partial charge in [-0.05, 0) is 40.5 Å². The molecule has 0 fully saturated rings. The van der Waals surface area contributed by atoms with Crippen LogP contribution in [0.4, 0.5) is 13.2 Å². The van der Waals surface area contributed by atoms with Gasteiger partial charge in [-0.1, -0.05) is 18.2 Å². The second-order valence-electron chi connectivity index (χ2n) is 4.33. The van der Waals surface area contributed by atoms with E-state index in [0.29, 0.717) is 5.56 Å². The van der Waals surface area contributed by atoms with E-state index in [4.69, 9.17) is 5.84 Å². The van der Waals surface area contributed by atoms with Crippen LogP contribution in [0.2, 0.25) is 0 Å². The molecule has 2 nitrogen and oxygen atoms in total. The quantitative estimate of drug-likeness (QED) is 0.505. The fourth-order valence-corrected chi connectivity index (χ4v) is 2.37. The predicted octanol–water partition coefficient (Wildman–Crippen LogP) is 3.73. The lowest BCUT2D eigenvalue weighted by Crippen LogP contribution is -2.31. The summed E-state index contributed by atoms with van der Waals surface area (Å²) in [4.78, 5) is 0. The number of aryl methyl sites for hydroxylation is 1. The van der Waals surface area contributed by atoms with E-state index in [-0.39, 0.29) is 15.6 Å². The summed E-state index contributed by atoms with van der Waals surface area (Å²) in [6.45, 7) is 1.57. The molecule has 3 N–H and O–H groups in total. The third kappa shape index (κ3) is 2.59. The SMILES string of the molecule is Cc1cccc(C(NN)c2c(F)ccc(Br)c2F)c1F. The Morgan fingerprint density at radius 3 is 2.45 bits per heavy atom. The van der Waals surface area contributed by atoms with Gasteiger partial charge in [0, 0.05) is 11.1 Å². The first-order valence-corrected chi connectivity index (χ1v) is 6.61. The predicted molar refractivity (Wildman–Crippen MR) is 74.4 cm³/mol. The Morgan fingerprint density at radius 1 is 1.10 bits per heavy atom. The Labute approximate surface area is 122 Å². The Hall–Kier alpha value is -1.37. The number of halogens is 4. The van der Waals surface area contributed by atoms with Gasteiger partial charge < -0.3 is 0 Å². The summed E-state index contributed by atoms with van der Waals surface area (Å²) < 4.78 is 42.2. The normalized spacial score (nSPS) is 12.5. The molecule has 2 aromatic rings. The highest BCUT2D eigenvalue weighted by Gasteiger charge is 2.25. The lowest BCUT2D eigenvalue weighted by atomic mass is 9.96. The molecular formula is C14H12BrF3N2. The van der Waals surface area contributed by atoms with Crippen molar-refractivity contribution in [2.45, 2.75) is 13.0 Å². The van der Waals surface area contributed by atoms with E-state index < -0.39 is 23.5 Å². The molecule has 0 radical (unpaired) electrons. The minimum absolute atomic E-state index is 0.0854. The molecule has 2 rings (SSSR count). The van der Waals surface area contributed by atoms with Crippen molar-refractivity contribution < 1.29 is 13.2 Å². The summed E-state index contributed by atoms with van der Waals surface area (Å²) in [7, 11) is 0. The first-order valence-electron chi connectivity index (χ1n) is 5.82. The van der Waals surface area contributed by atoms with Gasteiger partial charge in [0.2, 0.25) is 0 Å². The number of hydrogen-bond acceptors (Lipinski definition) is 2. The Balaban J connectivity index is 2.65. The molecular weight excluding hydrogens is 333 g/mol. The van der Waals surface area contributed by atoms with E-state index in [1.54, 1.807) is 19.1 Å². The summed E-state index contributed by atoms with van der Waals surface area (Å²) in [6.07, 6.45) is 0. The van der Waals surface area contributed by atoms with Gasteiger partial charge in [0.05, 0.1) is 10.5 Å². The van der Waals surface area contributed by atoms with Crippen molar-refractivity contribution in [1.82, 2.24) is 5.43 Å². The fraction of sp³-hybridized carbons (Fsp3) is 0.143. The Kier molecular flexibility index (Phi) is 4.47. The number of nitrogens with two attached hydrogens (primary N) is 1. The third-order valence-corrected chi connectivity index (χ3v) is 3.68. The molecule has 106 valence electrons. The van der Waals surface area contributed by atoms with Crippen LogP contribution in [0.5, 0.6) is 0 Å². The highest BCUT2D eigenvalue weighted by atomic mass is 79.9. The van der Waals surface area contributed by atoms with Crippen LogP contribution in [-0.4, -0.2) is 0 Å². The minimum atomic E-state index is -1.12. The van der Waals surface area contributed by atoms with Crippen molar-refractivity contribution in [3.8, 4) is 0 Å². The molecule has 0 heterocycles. The second kappa shape index (κ2) is 5.95. The molecule has 0 aliphatic heterocycles. The minimum Gasteiger partial charge on any atom is -0.271 e. The summed E-state index contributed by atoms with van der Waals surface area (Å²) in [6, 6.07) is 5.83. The van der Waals surface area contributed by atoms with Crippen molar-refractivity contribution >= 4 is 15.9 Å². The zero-order valence-electron chi connectivity index (χ0n) is 10.6. The van der Waals surface area contributed by atoms with Crippen LogP contribution in [0.1, 0.15) is 22.7 Å². The van der Waals surface area contributed by atoms with Crippen molar-refractivity contribution in [2.24, 2.45) is 5.84 Å². The summed E-state index contributed by atoms with van der Waals surface area (Å²) in [5, 5.41) is 0. The average Bonchev–Trinajstić information content (AvgIpc) is 2.43. The molecule has 1 atom stereocenters. The largest absolute Gasteiger partial charge is 0.271 e. The molecule has 0 spiro atoms. The van der Waals surface area contributed by atoms with Gasteiger partial charge in [0.25, 0.3) is 0 Å². The molecule has 2 aromatic carbocycles. The van der Waals surface area contributed by atoms with Gasteiger partial charge in [-0.25, -0.2) is 18.6 Å².